The summed E-state index contributed by atoms with van der Waals surface area (Å²) in [6.45, 7) is 1.82. The maximum absolute atomic E-state index is 9.11. The number of fused-ring (bicyclic) bond motifs is 1. The maximum atomic E-state index is 9.11. The van der Waals surface area contributed by atoms with Crippen LogP contribution in [-0.2, 0) is 17.9 Å². The molecule has 0 radical (unpaired) electrons. The number of benzene rings is 1. The van der Waals surface area contributed by atoms with E-state index in [0.29, 0.717) is 13.2 Å². The van der Waals surface area contributed by atoms with E-state index in [4.69, 9.17) is 14.9 Å². The quantitative estimate of drug-likeness (QED) is 0.738. The molecule has 0 amide bonds. The summed E-state index contributed by atoms with van der Waals surface area (Å²) in [6, 6.07) is 7.96. The maximum Gasteiger partial charge on any atom is 0.0698 e. The van der Waals surface area contributed by atoms with Crippen LogP contribution in [0.25, 0.3) is 10.9 Å². The summed E-state index contributed by atoms with van der Waals surface area (Å²) in [5, 5.41) is 18.9. The highest BCUT2D eigenvalue weighted by Crippen LogP contribution is 2.17. The van der Waals surface area contributed by atoms with Crippen molar-refractivity contribution >= 4 is 10.9 Å². The van der Waals surface area contributed by atoms with Crippen LogP contribution in [0, 0.1) is 0 Å². The number of nitrogens with zero attached hydrogens (tertiary/aromatic N) is 1. The number of aliphatic hydroxyl groups excluding tert-OH is 2. The fourth-order valence-electron chi connectivity index (χ4n) is 1.85. The second-order valence-corrected chi connectivity index (χ2v) is 3.90. The first-order valence-corrected chi connectivity index (χ1v) is 5.72. The summed E-state index contributed by atoms with van der Waals surface area (Å²) >= 11 is 0. The van der Waals surface area contributed by atoms with Crippen LogP contribution in [-0.4, -0.2) is 34.6 Å². The second-order valence-electron chi connectivity index (χ2n) is 3.90. The number of hydrogen-bond acceptors (Lipinski definition) is 3. The highest BCUT2D eigenvalue weighted by atomic mass is 16.5. The first kappa shape index (κ1) is 12.1. The molecular weight excluding hydrogens is 218 g/mol. The lowest BCUT2D eigenvalue weighted by molar-refractivity contribution is 0.0875. The molecule has 4 heteroatoms. The minimum absolute atomic E-state index is 0.0566. The van der Waals surface area contributed by atoms with Crippen molar-refractivity contribution in [3.8, 4) is 0 Å². The molecule has 0 spiro atoms. The Labute approximate surface area is 100 Å². The van der Waals surface area contributed by atoms with E-state index in [1.54, 1.807) is 0 Å². The van der Waals surface area contributed by atoms with Crippen molar-refractivity contribution in [2.24, 2.45) is 0 Å². The van der Waals surface area contributed by atoms with E-state index in [-0.39, 0.29) is 13.2 Å². The third-order valence-corrected chi connectivity index (χ3v) is 2.73. The lowest BCUT2D eigenvalue weighted by Crippen LogP contribution is -2.07. The standard InChI is InChI=1S/C13H17NO3/c15-6-8-17-7-5-14-4-3-12-2-1-11(10-16)9-13(12)14/h1-4,9,15-16H,5-8,10H2. The van der Waals surface area contributed by atoms with Crippen LogP contribution in [0.3, 0.4) is 0 Å². The van der Waals surface area contributed by atoms with Gasteiger partial charge in [-0.3, -0.25) is 0 Å². The number of rotatable bonds is 6. The molecular formula is C13H17NO3. The number of hydrogen-bond donors (Lipinski definition) is 2. The molecule has 2 aromatic rings. The Kier molecular flexibility index (Phi) is 4.14. The third-order valence-electron chi connectivity index (χ3n) is 2.73. The van der Waals surface area contributed by atoms with Crippen LogP contribution in [0.1, 0.15) is 5.56 Å². The fourth-order valence-corrected chi connectivity index (χ4v) is 1.85. The first-order valence-electron chi connectivity index (χ1n) is 5.72. The average Bonchev–Trinajstić information content (AvgIpc) is 2.77. The van der Waals surface area contributed by atoms with Gasteiger partial charge in [0, 0.05) is 18.3 Å². The summed E-state index contributed by atoms with van der Waals surface area (Å²) in [7, 11) is 0. The van der Waals surface area contributed by atoms with Gasteiger partial charge in [-0.15, -0.1) is 0 Å². The van der Waals surface area contributed by atoms with Gasteiger partial charge < -0.3 is 19.5 Å². The van der Waals surface area contributed by atoms with Gasteiger partial charge in [-0.25, -0.2) is 0 Å². The first-order chi connectivity index (χ1) is 8.35. The highest BCUT2D eigenvalue weighted by molar-refractivity contribution is 5.80. The van der Waals surface area contributed by atoms with E-state index in [2.05, 4.69) is 4.57 Å². The minimum Gasteiger partial charge on any atom is -0.394 e. The van der Waals surface area contributed by atoms with E-state index >= 15 is 0 Å². The van der Waals surface area contributed by atoms with Gasteiger partial charge >= 0.3 is 0 Å². The van der Waals surface area contributed by atoms with Gasteiger partial charge in [-0.2, -0.15) is 0 Å². The van der Waals surface area contributed by atoms with E-state index in [1.807, 2.05) is 30.5 Å². The molecule has 0 aliphatic heterocycles. The molecule has 17 heavy (non-hydrogen) atoms. The monoisotopic (exact) mass is 235 g/mol. The van der Waals surface area contributed by atoms with Crippen molar-refractivity contribution in [1.29, 1.82) is 0 Å². The predicted octanol–water partition coefficient (Wildman–Crippen LogP) is 1.14. The van der Waals surface area contributed by atoms with Gasteiger partial charge in [0.15, 0.2) is 0 Å². The predicted molar refractivity (Wildman–Crippen MR) is 65.8 cm³/mol. The molecule has 1 aromatic carbocycles. The normalized spacial score (nSPS) is 11.2. The Balaban J connectivity index is 2.11. The molecule has 0 aliphatic rings. The zero-order valence-corrected chi connectivity index (χ0v) is 9.67. The van der Waals surface area contributed by atoms with Gasteiger partial charge in [-0.05, 0) is 23.1 Å². The van der Waals surface area contributed by atoms with Crippen molar-refractivity contribution in [3.05, 3.63) is 36.0 Å². The summed E-state index contributed by atoms with van der Waals surface area (Å²) in [5.74, 6) is 0. The lowest BCUT2D eigenvalue weighted by atomic mass is 10.2. The number of aromatic nitrogens is 1. The van der Waals surface area contributed by atoms with Crippen LogP contribution in [0.2, 0.25) is 0 Å². The van der Waals surface area contributed by atoms with E-state index < -0.39 is 0 Å². The molecule has 1 heterocycles. The molecule has 0 saturated carbocycles. The molecule has 2 rings (SSSR count). The largest absolute Gasteiger partial charge is 0.394 e. The molecule has 0 aliphatic carbocycles. The summed E-state index contributed by atoms with van der Waals surface area (Å²) in [4.78, 5) is 0. The zero-order chi connectivity index (χ0) is 12.1. The van der Waals surface area contributed by atoms with Gasteiger partial charge in [0.05, 0.1) is 26.4 Å². The molecule has 0 unspecified atom stereocenters. The Hall–Kier alpha value is -1.36. The van der Waals surface area contributed by atoms with Crippen LogP contribution >= 0.6 is 0 Å². The van der Waals surface area contributed by atoms with Gasteiger partial charge in [0.1, 0.15) is 0 Å². The van der Waals surface area contributed by atoms with Crippen LogP contribution in [0.15, 0.2) is 30.5 Å². The summed E-state index contributed by atoms with van der Waals surface area (Å²) in [6.07, 6.45) is 2.01. The highest BCUT2D eigenvalue weighted by Gasteiger charge is 2.02. The summed E-state index contributed by atoms with van der Waals surface area (Å²) < 4.78 is 7.33. The Morgan fingerprint density at radius 1 is 1.12 bits per heavy atom. The van der Waals surface area contributed by atoms with Gasteiger partial charge in [0.2, 0.25) is 0 Å². The van der Waals surface area contributed by atoms with Crippen LogP contribution in [0.4, 0.5) is 0 Å². The van der Waals surface area contributed by atoms with Crippen LogP contribution in [0.5, 0.6) is 0 Å². The lowest BCUT2D eigenvalue weighted by Gasteiger charge is -2.06. The SMILES string of the molecule is OCCOCCn1ccc2ccc(CO)cc21. The van der Waals surface area contributed by atoms with Crippen LogP contribution < -0.4 is 0 Å². The second kappa shape index (κ2) is 5.82. The molecule has 4 nitrogen and oxygen atoms in total. The van der Waals surface area contributed by atoms with Crippen molar-refractivity contribution in [2.75, 3.05) is 19.8 Å². The minimum atomic E-state index is 0.0566. The Morgan fingerprint density at radius 3 is 2.76 bits per heavy atom. The fraction of sp³-hybridized carbons (Fsp3) is 0.385. The Morgan fingerprint density at radius 2 is 2.00 bits per heavy atom. The molecule has 0 atom stereocenters. The van der Waals surface area contributed by atoms with Crippen molar-refractivity contribution in [2.45, 2.75) is 13.2 Å². The van der Waals surface area contributed by atoms with E-state index in [9.17, 15) is 0 Å². The smallest absolute Gasteiger partial charge is 0.0698 e. The van der Waals surface area contributed by atoms with E-state index in [1.165, 1.54) is 0 Å². The molecule has 2 N–H and O–H groups in total. The number of ether oxygens (including phenoxy) is 1. The third kappa shape index (κ3) is 2.85. The Bertz CT molecular complexity index is 478. The van der Waals surface area contributed by atoms with Gasteiger partial charge in [-0.1, -0.05) is 12.1 Å². The van der Waals surface area contributed by atoms with Crippen molar-refractivity contribution in [1.82, 2.24) is 4.57 Å². The summed E-state index contributed by atoms with van der Waals surface area (Å²) in [5.41, 5.74) is 2.01. The zero-order valence-electron chi connectivity index (χ0n) is 9.67. The molecule has 92 valence electrons. The molecule has 0 fully saturated rings. The number of aliphatic hydroxyl groups is 2. The molecule has 0 saturated heterocycles. The average molecular weight is 235 g/mol. The molecule has 1 aromatic heterocycles. The molecule has 0 bridgehead atoms. The topological polar surface area (TPSA) is 54.6 Å². The van der Waals surface area contributed by atoms with E-state index in [0.717, 1.165) is 23.0 Å². The van der Waals surface area contributed by atoms with Crippen molar-refractivity contribution < 1.29 is 14.9 Å². The van der Waals surface area contributed by atoms with Crippen molar-refractivity contribution in [3.63, 3.8) is 0 Å². The van der Waals surface area contributed by atoms with Gasteiger partial charge in [0.25, 0.3) is 0 Å².